The molecular weight excluding hydrogens is 374 g/mol. The van der Waals surface area contributed by atoms with E-state index in [1.54, 1.807) is 12.1 Å². The van der Waals surface area contributed by atoms with Crippen molar-refractivity contribution in [3.05, 3.63) is 39.2 Å². The van der Waals surface area contributed by atoms with Crippen LogP contribution in [-0.4, -0.2) is 24.5 Å². The maximum absolute atomic E-state index is 12.3. The number of amides is 1. The van der Waals surface area contributed by atoms with Crippen LogP contribution < -0.4 is 20.8 Å². The van der Waals surface area contributed by atoms with Crippen molar-refractivity contribution in [1.82, 2.24) is 5.32 Å². The number of carboxylic acids is 1. The maximum atomic E-state index is 12.3. The number of hydrogen-bond acceptors (Lipinski definition) is 6. The quantitative estimate of drug-likeness (QED) is 0.708. The van der Waals surface area contributed by atoms with Crippen LogP contribution in [0.3, 0.4) is 0 Å². The SMILES string of the molecule is Cc1cc(OCC(=O)N[C@@H](CC(C)C)C(=O)[O-])c2c3c(c(=O)oc2c1)CCCC3. The average Bonchev–Trinajstić information content (AvgIpc) is 2.65. The lowest BCUT2D eigenvalue weighted by atomic mass is 9.90. The van der Waals surface area contributed by atoms with Gasteiger partial charge in [-0.05, 0) is 68.2 Å². The van der Waals surface area contributed by atoms with Gasteiger partial charge in [0.1, 0.15) is 11.3 Å². The van der Waals surface area contributed by atoms with E-state index in [9.17, 15) is 19.5 Å². The first-order valence-corrected chi connectivity index (χ1v) is 9.98. The third-order valence-electron chi connectivity index (χ3n) is 5.11. The molecule has 7 heteroatoms. The molecule has 0 radical (unpaired) electrons. The molecule has 0 aliphatic heterocycles. The van der Waals surface area contributed by atoms with Crippen molar-refractivity contribution in [2.45, 2.75) is 58.9 Å². The van der Waals surface area contributed by atoms with E-state index in [4.69, 9.17) is 9.15 Å². The molecule has 2 aromatic rings. The third-order valence-corrected chi connectivity index (χ3v) is 5.11. The number of carboxylic acid groups (broad SMARTS) is 1. The van der Waals surface area contributed by atoms with E-state index in [1.165, 1.54) is 0 Å². The molecule has 1 aliphatic rings. The van der Waals surface area contributed by atoms with Crippen molar-refractivity contribution < 1.29 is 23.8 Å². The van der Waals surface area contributed by atoms with Crippen molar-refractivity contribution in [2.75, 3.05) is 6.61 Å². The Bertz CT molecular complexity index is 991. The monoisotopic (exact) mass is 400 g/mol. The molecule has 1 aromatic heterocycles. The molecule has 156 valence electrons. The first-order chi connectivity index (χ1) is 13.8. The first-order valence-electron chi connectivity index (χ1n) is 9.98. The first kappa shape index (κ1) is 20.9. The van der Waals surface area contributed by atoms with Crippen LogP contribution in [0.25, 0.3) is 11.0 Å². The molecule has 1 aliphatic carbocycles. The molecule has 1 heterocycles. The van der Waals surface area contributed by atoms with Gasteiger partial charge < -0.3 is 24.4 Å². The number of ether oxygens (including phenoxy) is 1. The topological polar surface area (TPSA) is 109 Å². The molecule has 1 aromatic carbocycles. The number of fused-ring (bicyclic) bond motifs is 3. The van der Waals surface area contributed by atoms with Crippen molar-refractivity contribution in [2.24, 2.45) is 5.92 Å². The summed E-state index contributed by atoms with van der Waals surface area (Å²) in [6.45, 7) is 5.25. The number of aryl methyl sites for hydroxylation is 2. The number of benzene rings is 1. The minimum absolute atomic E-state index is 0.0919. The van der Waals surface area contributed by atoms with Crippen LogP contribution in [0.4, 0.5) is 0 Å². The van der Waals surface area contributed by atoms with Gasteiger partial charge in [-0.15, -0.1) is 0 Å². The Morgan fingerprint density at radius 2 is 1.90 bits per heavy atom. The van der Waals surface area contributed by atoms with Crippen LogP contribution >= 0.6 is 0 Å². The lowest BCUT2D eigenvalue weighted by molar-refractivity contribution is -0.308. The number of hydrogen-bond donors (Lipinski definition) is 1. The molecule has 3 rings (SSSR count). The summed E-state index contributed by atoms with van der Waals surface area (Å²) in [5.41, 5.74) is 2.56. The van der Waals surface area contributed by atoms with Gasteiger partial charge in [0.25, 0.3) is 5.91 Å². The highest BCUT2D eigenvalue weighted by atomic mass is 16.5. The van der Waals surface area contributed by atoms with Crippen LogP contribution in [0.5, 0.6) is 5.75 Å². The van der Waals surface area contributed by atoms with Crippen molar-refractivity contribution in [3.8, 4) is 5.75 Å². The predicted molar refractivity (Wildman–Crippen MR) is 106 cm³/mol. The lowest BCUT2D eigenvalue weighted by Gasteiger charge is -2.22. The maximum Gasteiger partial charge on any atom is 0.339 e. The van der Waals surface area contributed by atoms with Crippen LogP contribution in [0.15, 0.2) is 21.3 Å². The van der Waals surface area contributed by atoms with Gasteiger partial charge in [-0.3, -0.25) is 4.79 Å². The van der Waals surface area contributed by atoms with E-state index >= 15 is 0 Å². The number of nitrogens with one attached hydrogen (secondary N) is 1. The van der Waals surface area contributed by atoms with E-state index in [0.717, 1.165) is 35.8 Å². The Morgan fingerprint density at radius 3 is 2.55 bits per heavy atom. The molecule has 0 unspecified atom stereocenters. The normalized spacial score (nSPS) is 14.5. The second-order valence-electron chi connectivity index (χ2n) is 8.05. The fourth-order valence-corrected chi connectivity index (χ4v) is 3.85. The minimum atomic E-state index is -1.32. The standard InChI is InChI=1S/C22H27NO6/c1-12(2)8-16(21(25)26)23-19(24)11-28-17-9-13(3)10-18-20(17)14-6-4-5-7-15(14)22(27)29-18/h9-10,12,16H,4-8,11H2,1-3H3,(H,23,24)(H,25,26)/p-1/t16-/m0/s1. The van der Waals surface area contributed by atoms with Gasteiger partial charge >= 0.3 is 5.63 Å². The van der Waals surface area contributed by atoms with Crippen LogP contribution in [0.2, 0.25) is 0 Å². The zero-order valence-electron chi connectivity index (χ0n) is 17.0. The number of carbonyl (C=O) groups excluding carboxylic acids is 2. The van der Waals surface area contributed by atoms with Gasteiger partial charge in [0.05, 0.1) is 17.4 Å². The molecule has 0 saturated carbocycles. The van der Waals surface area contributed by atoms with E-state index in [2.05, 4.69) is 5.32 Å². The van der Waals surface area contributed by atoms with E-state index in [-0.39, 0.29) is 24.6 Å². The Labute approximate surface area is 169 Å². The molecule has 0 fully saturated rings. The smallest absolute Gasteiger partial charge is 0.339 e. The van der Waals surface area contributed by atoms with Gasteiger partial charge in [0.2, 0.25) is 0 Å². The highest BCUT2D eigenvalue weighted by Gasteiger charge is 2.22. The second-order valence-corrected chi connectivity index (χ2v) is 8.05. The summed E-state index contributed by atoms with van der Waals surface area (Å²) in [4.78, 5) is 35.8. The molecular formula is C22H26NO6-. The summed E-state index contributed by atoms with van der Waals surface area (Å²) in [6, 6.07) is 2.52. The summed E-state index contributed by atoms with van der Waals surface area (Å²) in [7, 11) is 0. The van der Waals surface area contributed by atoms with Crippen molar-refractivity contribution >= 4 is 22.8 Å². The molecule has 1 amide bonds. The van der Waals surface area contributed by atoms with Crippen molar-refractivity contribution in [1.29, 1.82) is 0 Å². The summed E-state index contributed by atoms with van der Waals surface area (Å²) in [5, 5.41) is 14.4. The van der Waals surface area contributed by atoms with Gasteiger partial charge in [-0.25, -0.2) is 4.79 Å². The summed E-state index contributed by atoms with van der Waals surface area (Å²) < 4.78 is 11.3. The molecule has 0 bridgehead atoms. The number of aliphatic carboxylic acids is 1. The molecule has 7 nitrogen and oxygen atoms in total. The molecule has 0 saturated heterocycles. The van der Waals surface area contributed by atoms with E-state index < -0.39 is 17.9 Å². The number of rotatable bonds is 7. The summed E-state index contributed by atoms with van der Waals surface area (Å²) >= 11 is 0. The number of carbonyl (C=O) groups is 2. The average molecular weight is 400 g/mol. The zero-order chi connectivity index (χ0) is 21.1. The van der Waals surface area contributed by atoms with E-state index in [0.29, 0.717) is 23.3 Å². The van der Waals surface area contributed by atoms with Crippen LogP contribution in [0.1, 0.15) is 49.8 Å². The lowest BCUT2D eigenvalue weighted by Crippen LogP contribution is -2.49. The van der Waals surface area contributed by atoms with Gasteiger partial charge in [-0.1, -0.05) is 13.8 Å². The Balaban J connectivity index is 1.85. The Morgan fingerprint density at radius 1 is 1.21 bits per heavy atom. The second kappa shape index (κ2) is 8.68. The summed E-state index contributed by atoms with van der Waals surface area (Å²) in [5.74, 6) is -1.30. The minimum Gasteiger partial charge on any atom is -0.548 e. The molecule has 0 spiro atoms. The highest BCUT2D eigenvalue weighted by Crippen LogP contribution is 2.34. The third kappa shape index (κ3) is 4.78. The largest absolute Gasteiger partial charge is 0.548 e. The van der Waals surface area contributed by atoms with Gasteiger partial charge in [-0.2, -0.15) is 0 Å². The Hall–Kier alpha value is -2.83. The molecule has 29 heavy (non-hydrogen) atoms. The van der Waals surface area contributed by atoms with Crippen LogP contribution in [-0.2, 0) is 22.4 Å². The zero-order valence-corrected chi connectivity index (χ0v) is 17.0. The summed E-state index contributed by atoms with van der Waals surface area (Å²) in [6.07, 6.45) is 3.62. The molecule has 1 atom stereocenters. The van der Waals surface area contributed by atoms with Crippen molar-refractivity contribution in [3.63, 3.8) is 0 Å². The van der Waals surface area contributed by atoms with Crippen LogP contribution in [0, 0.1) is 12.8 Å². The predicted octanol–water partition coefficient (Wildman–Crippen LogP) is 1.64. The molecule has 1 N–H and O–H groups in total. The Kier molecular flexibility index (Phi) is 6.25. The van der Waals surface area contributed by atoms with Gasteiger partial charge in [0, 0.05) is 5.56 Å². The fourth-order valence-electron chi connectivity index (χ4n) is 3.85. The highest BCUT2D eigenvalue weighted by molar-refractivity contribution is 5.89. The van der Waals surface area contributed by atoms with E-state index in [1.807, 2.05) is 20.8 Å². The fraction of sp³-hybridized carbons (Fsp3) is 0.500. The van der Waals surface area contributed by atoms with Gasteiger partial charge in [0.15, 0.2) is 6.61 Å².